The van der Waals surface area contributed by atoms with Crippen LogP contribution in [0.15, 0.2) is 0 Å². The fourth-order valence-corrected chi connectivity index (χ4v) is 0. The summed E-state index contributed by atoms with van der Waals surface area (Å²) in [6.45, 7) is 9.19. The highest BCUT2D eigenvalue weighted by Gasteiger charge is 2.03. The first-order chi connectivity index (χ1) is 2.00. The molecular weight excluding hydrogens is 159 g/mol. The molecule has 0 amide bonds. The molecule has 40 valence electrons. The minimum Gasteiger partial charge on any atom is -0.114 e. The zero-order valence-electron chi connectivity index (χ0n) is 4.86. The lowest BCUT2D eigenvalue weighted by molar-refractivity contribution is 1.95. The normalized spacial score (nSPS) is 10.0. The second-order valence-electron chi connectivity index (χ2n) is 2.68. The second kappa shape index (κ2) is 2.98. The first kappa shape index (κ1) is 10.0. The summed E-state index contributed by atoms with van der Waals surface area (Å²) in [6, 6.07) is 0. The van der Waals surface area contributed by atoms with Gasteiger partial charge in [0.25, 0.3) is 0 Å². The van der Waals surface area contributed by atoms with Crippen molar-refractivity contribution < 1.29 is 0 Å². The van der Waals surface area contributed by atoms with Crippen LogP contribution in [-0.4, -0.2) is 26.7 Å². The van der Waals surface area contributed by atoms with Crippen LogP contribution in [0.3, 0.4) is 0 Å². The third-order valence-corrected chi connectivity index (χ3v) is 0. The molecule has 0 aromatic rings. The third-order valence-electron chi connectivity index (χ3n) is 0. The standard InChI is InChI=1S/C4H12P.BrH/c1-5(2,3)4;/h1-4H3;1H/q+1;. The Balaban J connectivity index is 0. The van der Waals surface area contributed by atoms with Gasteiger partial charge in [0.15, 0.2) is 0 Å². The van der Waals surface area contributed by atoms with Crippen LogP contribution in [-0.2, 0) is 0 Å². The predicted molar refractivity (Wildman–Crippen MR) is 40.9 cm³/mol. The lowest BCUT2D eigenvalue weighted by Crippen LogP contribution is -1.74. The van der Waals surface area contributed by atoms with Crippen molar-refractivity contribution in [3.05, 3.63) is 0 Å². The van der Waals surface area contributed by atoms with Crippen molar-refractivity contribution in [2.24, 2.45) is 0 Å². The van der Waals surface area contributed by atoms with Crippen LogP contribution >= 0.6 is 24.2 Å². The molecule has 0 heterocycles. The Labute approximate surface area is 51.4 Å². The predicted octanol–water partition coefficient (Wildman–Crippen LogP) is 2.10. The van der Waals surface area contributed by atoms with Crippen LogP contribution in [0.4, 0.5) is 0 Å². The van der Waals surface area contributed by atoms with E-state index in [9.17, 15) is 0 Å². The van der Waals surface area contributed by atoms with Gasteiger partial charge in [-0.2, -0.15) is 0 Å². The van der Waals surface area contributed by atoms with Crippen LogP contribution in [0.25, 0.3) is 0 Å². The van der Waals surface area contributed by atoms with Crippen molar-refractivity contribution in [3.8, 4) is 0 Å². The first-order valence-electron chi connectivity index (χ1n) is 1.79. The van der Waals surface area contributed by atoms with Gasteiger partial charge in [-0.05, 0) is 0 Å². The lowest BCUT2D eigenvalue weighted by atomic mass is 11.8. The molecule has 0 nitrogen and oxygen atoms in total. The van der Waals surface area contributed by atoms with Crippen molar-refractivity contribution in [3.63, 3.8) is 0 Å². The molecule has 0 fully saturated rings. The van der Waals surface area contributed by atoms with E-state index in [2.05, 4.69) is 26.7 Å². The Kier molecular flexibility index (Phi) is 4.98. The van der Waals surface area contributed by atoms with Gasteiger partial charge in [0, 0.05) is 33.9 Å². The zero-order valence-corrected chi connectivity index (χ0v) is 7.46. The lowest BCUT2D eigenvalue weighted by Gasteiger charge is -1.97. The molecule has 0 atom stereocenters. The molecule has 0 saturated heterocycles. The van der Waals surface area contributed by atoms with Crippen LogP contribution in [0.2, 0.25) is 0 Å². The average molecular weight is 172 g/mol. The maximum atomic E-state index is 2.30. The highest BCUT2D eigenvalue weighted by molar-refractivity contribution is 8.93. The maximum Gasteiger partial charge on any atom is 0.0481 e. The molecule has 0 saturated carbocycles. The highest BCUT2D eigenvalue weighted by Crippen LogP contribution is 2.40. The molecule has 0 rings (SSSR count). The second-order valence-corrected chi connectivity index (χ2v) is 8.05. The summed E-state index contributed by atoms with van der Waals surface area (Å²) in [5.74, 6) is 0. The molecule has 0 N–H and O–H groups in total. The van der Waals surface area contributed by atoms with Crippen molar-refractivity contribution >= 4 is 24.2 Å². The van der Waals surface area contributed by atoms with Gasteiger partial charge in [0.1, 0.15) is 0 Å². The Morgan fingerprint density at radius 2 is 0.833 bits per heavy atom. The molecule has 0 unspecified atom stereocenters. The van der Waals surface area contributed by atoms with E-state index in [0.717, 1.165) is 0 Å². The van der Waals surface area contributed by atoms with Gasteiger partial charge in [0.05, 0.1) is 0 Å². The van der Waals surface area contributed by atoms with Crippen molar-refractivity contribution in [1.82, 2.24) is 0 Å². The smallest absolute Gasteiger partial charge is 0.0481 e. The molecule has 0 aliphatic rings. The monoisotopic (exact) mass is 171 g/mol. The Bertz CT molecular complexity index is 23.0. The summed E-state index contributed by atoms with van der Waals surface area (Å²) in [5.41, 5.74) is 0. The summed E-state index contributed by atoms with van der Waals surface area (Å²) in [5, 5.41) is 0. The van der Waals surface area contributed by atoms with Crippen molar-refractivity contribution in [2.45, 2.75) is 0 Å². The third kappa shape index (κ3) is 90.6. The molecule has 0 bridgehead atoms. The minimum atomic E-state index is -0.389. The largest absolute Gasteiger partial charge is 0.114 e. The fraction of sp³-hybridized carbons (Fsp3) is 1.00. The Morgan fingerprint density at radius 3 is 0.833 bits per heavy atom. The van der Waals surface area contributed by atoms with Gasteiger partial charge in [-0.15, -0.1) is 17.0 Å². The van der Waals surface area contributed by atoms with E-state index < -0.39 is 0 Å². The van der Waals surface area contributed by atoms with Crippen LogP contribution in [0.5, 0.6) is 0 Å². The number of hydrogen-bond donors (Lipinski definition) is 0. The van der Waals surface area contributed by atoms with E-state index in [1.54, 1.807) is 0 Å². The summed E-state index contributed by atoms with van der Waals surface area (Å²) in [4.78, 5) is 0. The maximum absolute atomic E-state index is 2.30. The van der Waals surface area contributed by atoms with E-state index in [1.165, 1.54) is 0 Å². The molecule has 0 radical (unpaired) electrons. The highest BCUT2D eigenvalue weighted by atomic mass is 79.9. The number of rotatable bonds is 0. The van der Waals surface area contributed by atoms with Gasteiger partial charge in [-0.25, -0.2) is 0 Å². The minimum absolute atomic E-state index is 0. The summed E-state index contributed by atoms with van der Waals surface area (Å²) in [6.07, 6.45) is 0. The van der Waals surface area contributed by atoms with E-state index in [4.69, 9.17) is 0 Å². The van der Waals surface area contributed by atoms with Gasteiger partial charge in [0.2, 0.25) is 0 Å². The average Bonchev–Trinajstić information content (AvgIpc) is 0.722. The van der Waals surface area contributed by atoms with E-state index in [0.29, 0.717) is 0 Å². The van der Waals surface area contributed by atoms with Gasteiger partial charge < -0.3 is 0 Å². The fourth-order valence-electron chi connectivity index (χ4n) is 0. The molecule has 0 aliphatic carbocycles. The first-order valence-corrected chi connectivity index (χ1v) is 5.37. The molecule has 0 aliphatic heterocycles. The van der Waals surface area contributed by atoms with E-state index in [-0.39, 0.29) is 24.2 Å². The Hall–Kier alpha value is 0.910. The van der Waals surface area contributed by atoms with Crippen molar-refractivity contribution in [2.75, 3.05) is 26.7 Å². The number of hydrogen-bond acceptors (Lipinski definition) is 0. The Morgan fingerprint density at radius 1 is 0.833 bits per heavy atom. The molecule has 6 heavy (non-hydrogen) atoms. The summed E-state index contributed by atoms with van der Waals surface area (Å²) in [7, 11) is -0.389. The van der Waals surface area contributed by atoms with Gasteiger partial charge >= 0.3 is 0 Å². The van der Waals surface area contributed by atoms with Crippen molar-refractivity contribution in [1.29, 1.82) is 0 Å². The van der Waals surface area contributed by atoms with Crippen LogP contribution in [0.1, 0.15) is 0 Å². The molecule has 0 aromatic heterocycles. The summed E-state index contributed by atoms with van der Waals surface area (Å²) < 4.78 is 0. The molecular formula is C4H13BrP+. The van der Waals surface area contributed by atoms with Crippen LogP contribution in [0, 0.1) is 0 Å². The molecule has 0 spiro atoms. The van der Waals surface area contributed by atoms with Gasteiger partial charge in [-0.3, -0.25) is 0 Å². The van der Waals surface area contributed by atoms with E-state index in [1.807, 2.05) is 0 Å². The quantitative estimate of drug-likeness (QED) is 0.491. The SMILES string of the molecule is Br.C[P+](C)(C)C. The summed E-state index contributed by atoms with van der Waals surface area (Å²) >= 11 is 0. The van der Waals surface area contributed by atoms with Gasteiger partial charge in [-0.1, -0.05) is 0 Å². The number of halogens is 1. The topological polar surface area (TPSA) is 0 Å². The van der Waals surface area contributed by atoms with E-state index >= 15 is 0 Å². The van der Waals surface area contributed by atoms with Crippen LogP contribution < -0.4 is 0 Å². The zero-order chi connectivity index (χ0) is 4.50. The molecule has 2 heteroatoms. The molecule has 0 aromatic carbocycles.